The molecule has 2 heterocycles. The molecule has 192 valence electrons. The van der Waals surface area contributed by atoms with Crippen molar-refractivity contribution in [3.05, 3.63) is 65.2 Å². The summed E-state index contributed by atoms with van der Waals surface area (Å²) >= 11 is 0. The second kappa shape index (κ2) is 10.5. The molecule has 5 rings (SSSR count). The maximum absolute atomic E-state index is 12.9. The van der Waals surface area contributed by atoms with Crippen molar-refractivity contribution >= 4 is 11.9 Å². The molecule has 0 radical (unpaired) electrons. The number of aliphatic hydroxyl groups is 1. The zero-order valence-corrected chi connectivity index (χ0v) is 20.8. The van der Waals surface area contributed by atoms with Crippen molar-refractivity contribution in [2.24, 2.45) is 0 Å². The van der Waals surface area contributed by atoms with E-state index < -0.39 is 18.2 Å². The number of carbonyl (C=O) groups is 2. The summed E-state index contributed by atoms with van der Waals surface area (Å²) in [6, 6.07) is 14.8. The number of hydrogen-bond acceptors (Lipinski definition) is 5. The van der Waals surface area contributed by atoms with Crippen LogP contribution >= 0.6 is 0 Å². The van der Waals surface area contributed by atoms with Gasteiger partial charge in [0.25, 0.3) is 0 Å². The van der Waals surface area contributed by atoms with E-state index in [4.69, 9.17) is 4.74 Å². The molecule has 1 unspecified atom stereocenters. The highest BCUT2D eigenvalue weighted by Gasteiger charge is 2.45. The van der Waals surface area contributed by atoms with E-state index >= 15 is 0 Å². The smallest absolute Gasteiger partial charge is 0.315 e. The Morgan fingerprint density at radius 2 is 2.00 bits per heavy atom. The molecule has 5 N–H and O–H groups in total. The molecule has 8 nitrogen and oxygen atoms in total. The summed E-state index contributed by atoms with van der Waals surface area (Å²) in [5.74, 6) is 0.634. The van der Waals surface area contributed by atoms with Gasteiger partial charge in [0.2, 0.25) is 5.91 Å². The average Bonchev–Trinajstić information content (AvgIpc) is 3.32. The van der Waals surface area contributed by atoms with Gasteiger partial charge in [-0.1, -0.05) is 49.4 Å². The lowest BCUT2D eigenvalue weighted by atomic mass is 9.72. The minimum Gasteiger partial charge on any atom is -0.487 e. The molecule has 1 saturated heterocycles. The van der Waals surface area contributed by atoms with E-state index in [-0.39, 0.29) is 30.1 Å². The monoisotopic (exact) mass is 492 g/mol. The van der Waals surface area contributed by atoms with Gasteiger partial charge in [0, 0.05) is 31.1 Å². The van der Waals surface area contributed by atoms with E-state index in [0.29, 0.717) is 13.0 Å². The number of nitrogens with one attached hydrogen (secondary N) is 4. The van der Waals surface area contributed by atoms with Crippen LogP contribution < -0.4 is 26.0 Å². The number of hydrogen-bond donors (Lipinski definition) is 5. The van der Waals surface area contributed by atoms with E-state index in [1.165, 1.54) is 12.0 Å². The molecule has 8 heteroatoms. The lowest BCUT2D eigenvalue weighted by Gasteiger charge is -2.48. The zero-order chi connectivity index (χ0) is 25.1. The summed E-state index contributed by atoms with van der Waals surface area (Å²) in [5, 5.41) is 23.1. The fraction of sp³-hybridized carbons (Fsp3) is 0.500. The zero-order valence-electron chi connectivity index (χ0n) is 20.8. The summed E-state index contributed by atoms with van der Waals surface area (Å²) in [4.78, 5) is 24.4. The van der Waals surface area contributed by atoms with Gasteiger partial charge in [-0.3, -0.25) is 4.79 Å². The second-order valence-corrected chi connectivity index (χ2v) is 10.3. The number of ether oxygens (including phenoxy) is 1. The highest BCUT2D eigenvalue weighted by molar-refractivity contribution is 5.90. The van der Waals surface area contributed by atoms with Gasteiger partial charge in [0.15, 0.2) is 0 Å². The molecule has 1 aliphatic carbocycles. The number of urea groups is 1. The standard InChI is InChI=1S/C28H36N4O4/c1-2-18-9-10-25-20(13-18)22(15-28(36-25)11-6-12-28)29-17-24(33)21(14-19-7-4-3-5-8-19)31-26(34)23-16-30-27(35)32-23/h3-5,7-10,13,21-24,29,33H,2,6,11-12,14-17H2,1H3,(H,31,34)(H2,30,32,35)/t21-,22-,23?,24+/m0/s1. The molecule has 4 atom stereocenters. The summed E-state index contributed by atoms with van der Waals surface area (Å²) in [6.45, 7) is 2.70. The Labute approximate surface area is 212 Å². The van der Waals surface area contributed by atoms with Crippen LogP contribution in [0.1, 0.15) is 55.3 Å². The van der Waals surface area contributed by atoms with Crippen LogP contribution in [0.15, 0.2) is 48.5 Å². The van der Waals surface area contributed by atoms with Crippen LogP contribution in [0.25, 0.3) is 0 Å². The highest BCUT2D eigenvalue weighted by atomic mass is 16.5. The first-order chi connectivity index (χ1) is 17.4. The first-order valence-corrected chi connectivity index (χ1v) is 13.1. The Hall–Kier alpha value is -3.10. The molecular formula is C28H36N4O4. The van der Waals surface area contributed by atoms with Crippen LogP contribution in [0.3, 0.4) is 0 Å². The number of carbonyl (C=O) groups excluding carboxylic acids is 2. The van der Waals surface area contributed by atoms with Gasteiger partial charge in [0.1, 0.15) is 17.4 Å². The quantitative estimate of drug-likeness (QED) is 0.369. The second-order valence-electron chi connectivity index (χ2n) is 10.3. The molecule has 0 bridgehead atoms. The fourth-order valence-electron chi connectivity index (χ4n) is 5.45. The minimum atomic E-state index is -0.822. The van der Waals surface area contributed by atoms with E-state index in [0.717, 1.165) is 42.6 Å². The number of benzene rings is 2. The van der Waals surface area contributed by atoms with Crippen molar-refractivity contribution in [3.8, 4) is 5.75 Å². The van der Waals surface area contributed by atoms with E-state index in [2.05, 4.69) is 46.4 Å². The molecule has 1 spiro atoms. The Balaban J connectivity index is 1.30. The molecule has 2 aromatic carbocycles. The van der Waals surface area contributed by atoms with Crippen molar-refractivity contribution in [1.82, 2.24) is 21.3 Å². The molecular weight excluding hydrogens is 456 g/mol. The van der Waals surface area contributed by atoms with E-state index in [1.54, 1.807) is 0 Å². The summed E-state index contributed by atoms with van der Waals surface area (Å²) in [6.07, 6.45) is 4.76. The molecule has 2 aliphatic heterocycles. The SMILES string of the molecule is CCc1ccc2c(c1)[C@@H](NC[C@@H](O)[C@H](Cc1ccccc1)NC(=O)C1CNC(=O)N1)CC1(CCC1)O2. The van der Waals surface area contributed by atoms with Gasteiger partial charge in [-0.25, -0.2) is 4.79 Å². The van der Waals surface area contributed by atoms with E-state index in [1.807, 2.05) is 30.3 Å². The Morgan fingerprint density at radius 3 is 2.67 bits per heavy atom. The summed E-state index contributed by atoms with van der Waals surface area (Å²) in [7, 11) is 0. The fourth-order valence-corrected chi connectivity index (χ4v) is 5.45. The van der Waals surface area contributed by atoms with Crippen LogP contribution in [-0.4, -0.2) is 53.9 Å². The van der Waals surface area contributed by atoms with Gasteiger partial charge in [-0.05, 0) is 49.3 Å². The number of amides is 3. The van der Waals surface area contributed by atoms with Gasteiger partial charge in [-0.15, -0.1) is 0 Å². The number of aliphatic hydroxyl groups excluding tert-OH is 1. The van der Waals surface area contributed by atoms with Crippen LogP contribution in [-0.2, 0) is 17.6 Å². The van der Waals surface area contributed by atoms with Crippen molar-refractivity contribution in [2.75, 3.05) is 13.1 Å². The highest BCUT2D eigenvalue weighted by Crippen LogP contribution is 2.49. The van der Waals surface area contributed by atoms with Crippen LogP contribution in [0.4, 0.5) is 4.79 Å². The number of rotatable bonds is 9. The van der Waals surface area contributed by atoms with Crippen molar-refractivity contribution in [3.63, 3.8) is 0 Å². The largest absolute Gasteiger partial charge is 0.487 e. The third-order valence-corrected chi connectivity index (χ3v) is 7.78. The number of aryl methyl sites for hydroxylation is 1. The summed E-state index contributed by atoms with van der Waals surface area (Å²) < 4.78 is 6.44. The van der Waals surface area contributed by atoms with Gasteiger partial charge in [-0.2, -0.15) is 0 Å². The first-order valence-electron chi connectivity index (χ1n) is 13.1. The van der Waals surface area contributed by atoms with Gasteiger partial charge in [0.05, 0.1) is 12.1 Å². The molecule has 36 heavy (non-hydrogen) atoms. The molecule has 3 aliphatic rings. The van der Waals surface area contributed by atoms with Crippen LogP contribution in [0.2, 0.25) is 0 Å². The molecule has 2 fully saturated rings. The Bertz CT molecular complexity index is 1090. The molecule has 2 aromatic rings. The minimum absolute atomic E-state index is 0.0709. The topological polar surface area (TPSA) is 112 Å². The number of fused-ring (bicyclic) bond motifs is 1. The maximum Gasteiger partial charge on any atom is 0.315 e. The predicted octanol–water partition coefficient (Wildman–Crippen LogP) is 2.35. The lowest BCUT2D eigenvalue weighted by Crippen LogP contribution is -2.54. The first kappa shape index (κ1) is 24.6. The lowest BCUT2D eigenvalue weighted by molar-refractivity contribution is -0.124. The average molecular weight is 493 g/mol. The predicted molar refractivity (Wildman–Crippen MR) is 137 cm³/mol. The third-order valence-electron chi connectivity index (χ3n) is 7.78. The van der Waals surface area contributed by atoms with Crippen LogP contribution in [0, 0.1) is 0 Å². The molecule has 3 amide bonds. The van der Waals surface area contributed by atoms with Crippen molar-refractivity contribution in [1.29, 1.82) is 0 Å². The van der Waals surface area contributed by atoms with E-state index in [9.17, 15) is 14.7 Å². The molecule has 0 aromatic heterocycles. The van der Waals surface area contributed by atoms with Gasteiger partial charge < -0.3 is 31.1 Å². The van der Waals surface area contributed by atoms with Crippen LogP contribution in [0.5, 0.6) is 5.75 Å². The maximum atomic E-state index is 12.9. The normalized spacial score (nSPS) is 23.4. The Morgan fingerprint density at radius 1 is 1.19 bits per heavy atom. The van der Waals surface area contributed by atoms with Crippen molar-refractivity contribution in [2.45, 2.75) is 75.3 Å². The summed E-state index contributed by atoms with van der Waals surface area (Å²) in [5.41, 5.74) is 3.31. The van der Waals surface area contributed by atoms with Crippen molar-refractivity contribution < 1.29 is 19.4 Å². The van der Waals surface area contributed by atoms with Gasteiger partial charge >= 0.3 is 6.03 Å². The molecule has 1 saturated carbocycles. The Kier molecular flexibility index (Phi) is 7.16. The third kappa shape index (κ3) is 5.34.